The van der Waals surface area contributed by atoms with Crippen molar-refractivity contribution in [2.24, 2.45) is 9.98 Å². The molecule has 0 aliphatic carbocycles. The first-order valence-corrected chi connectivity index (χ1v) is 2.85. The van der Waals surface area contributed by atoms with Gasteiger partial charge < -0.3 is 0 Å². The van der Waals surface area contributed by atoms with Gasteiger partial charge in [0.25, 0.3) is 0 Å². The molecule has 4 heteroatoms. The highest BCUT2D eigenvalue weighted by Gasteiger charge is 1.89. The summed E-state index contributed by atoms with van der Waals surface area (Å²) in [6.45, 7) is 1.36. The van der Waals surface area contributed by atoms with Crippen molar-refractivity contribution in [3.8, 4) is 0 Å². The summed E-state index contributed by atoms with van der Waals surface area (Å²) >= 11 is 5.29. The smallest absolute Gasteiger partial charge is 0.217 e. The Morgan fingerprint density at radius 3 is 2.67 bits per heavy atom. The first-order chi connectivity index (χ1) is 4.16. The Bertz CT molecular complexity index is 131. The van der Waals surface area contributed by atoms with Gasteiger partial charge in [0.05, 0.1) is 0 Å². The highest BCUT2D eigenvalue weighted by molar-refractivity contribution is 6.65. The van der Waals surface area contributed by atoms with Gasteiger partial charge in [-0.3, -0.25) is 4.99 Å². The third-order valence-electron chi connectivity index (χ3n) is 0.571. The number of hydrogen-bond donors (Lipinski definition) is 0. The van der Waals surface area contributed by atoms with E-state index in [1.54, 1.807) is 0 Å². The van der Waals surface area contributed by atoms with E-state index in [4.69, 9.17) is 11.6 Å². The van der Waals surface area contributed by atoms with Gasteiger partial charge in [-0.25, -0.2) is 9.38 Å². The molecule has 0 rings (SSSR count). The van der Waals surface area contributed by atoms with Crippen molar-refractivity contribution in [2.75, 3.05) is 7.05 Å². The topological polar surface area (TPSA) is 24.7 Å². The van der Waals surface area contributed by atoms with E-state index in [0.717, 1.165) is 6.21 Å². The first-order valence-electron chi connectivity index (χ1n) is 2.47. The lowest BCUT2D eigenvalue weighted by molar-refractivity contribution is 0.462. The predicted molar refractivity (Wildman–Crippen MR) is 38.3 cm³/mol. The molecule has 0 spiro atoms. The molecule has 0 saturated heterocycles. The Labute approximate surface area is 58.5 Å². The molecule has 0 saturated carbocycles. The molecule has 0 N–H and O–H groups in total. The Morgan fingerprint density at radius 2 is 2.33 bits per heavy atom. The Kier molecular flexibility index (Phi) is 4.22. The molecule has 0 bridgehead atoms. The minimum atomic E-state index is -1.07. The van der Waals surface area contributed by atoms with Gasteiger partial charge >= 0.3 is 0 Å². The molecule has 1 unspecified atom stereocenters. The molecule has 0 amide bonds. The van der Waals surface area contributed by atoms with E-state index in [2.05, 4.69) is 9.98 Å². The van der Waals surface area contributed by atoms with Crippen LogP contribution in [0.15, 0.2) is 9.98 Å². The summed E-state index contributed by atoms with van der Waals surface area (Å²) in [6, 6.07) is 0. The second-order valence-corrected chi connectivity index (χ2v) is 1.79. The number of aliphatic imine (C=N–C) groups is 2. The maximum atomic E-state index is 11.9. The first kappa shape index (κ1) is 8.56. The van der Waals surface area contributed by atoms with E-state index in [0.29, 0.717) is 0 Å². The number of rotatable bonds is 1. The molecule has 0 aliphatic heterocycles. The molecular formula is C5H8ClFN2. The molecule has 0 fully saturated rings. The number of nitrogens with zero attached hydrogens (tertiary/aromatic N) is 2. The largest absolute Gasteiger partial charge is 0.260 e. The van der Waals surface area contributed by atoms with Gasteiger partial charge in [-0.05, 0) is 18.5 Å². The number of halogens is 2. The van der Waals surface area contributed by atoms with Gasteiger partial charge in [0, 0.05) is 13.3 Å². The fourth-order valence-corrected chi connectivity index (χ4v) is 0.278. The Hall–Kier alpha value is -0.440. The van der Waals surface area contributed by atoms with Gasteiger partial charge in [-0.15, -0.1) is 0 Å². The Morgan fingerprint density at radius 1 is 1.78 bits per heavy atom. The molecule has 52 valence electrons. The van der Waals surface area contributed by atoms with Crippen LogP contribution < -0.4 is 0 Å². The van der Waals surface area contributed by atoms with Crippen LogP contribution in [0.25, 0.3) is 0 Å². The fourth-order valence-electron chi connectivity index (χ4n) is 0.222. The average Bonchev–Trinajstić information content (AvgIpc) is 1.83. The highest BCUT2D eigenvalue weighted by atomic mass is 35.5. The summed E-state index contributed by atoms with van der Waals surface area (Å²) in [5.41, 5.74) is 0. The monoisotopic (exact) mass is 150 g/mol. The molecule has 0 radical (unpaired) electrons. The quantitative estimate of drug-likeness (QED) is 0.309. The molecule has 0 aromatic rings. The van der Waals surface area contributed by atoms with Gasteiger partial charge in [0.1, 0.15) is 6.17 Å². The number of amidine groups is 1. The van der Waals surface area contributed by atoms with E-state index in [1.807, 2.05) is 0 Å². The zero-order valence-corrected chi connectivity index (χ0v) is 6.06. The maximum absolute atomic E-state index is 11.9. The van der Waals surface area contributed by atoms with Crippen LogP contribution in [0.4, 0.5) is 4.39 Å². The van der Waals surface area contributed by atoms with Crippen LogP contribution in [0, 0.1) is 0 Å². The zero-order valence-electron chi connectivity index (χ0n) is 5.31. The number of hydrogen-bond acceptors (Lipinski definition) is 1. The lowest BCUT2D eigenvalue weighted by Gasteiger charge is -1.86. The molecule has 2 nitrogen and oxygen atoms in total. The van der Waals surface area contributed by atoms with Crippen molar-refractivity contribution in [2.45, 2.75) is 13.1 Å². The van der Waals surface area contributed by atoms with Crippen molar-refractivity contribution < 1.29 is 4.39 Å². The van der Waals surface area contributed by atoms with Crippen LogP contribution in [0.2, 0.25) is 0 Å². The minimum absolute atomic E-state index is 0.0690. The van der Waals surface area contributed by atoms with Crippen molar-refractivity contribution >= 4 is 23.1 Å². The van der Waals surface area contributed by atoms with E-state index in [1.165, 1.54) is 14.0 Å². The van der Waals surface area contributed by atoms with E-state index in [9.17, 15) is 4.39 Å². The van der Waals surface area contributed by atoms with Crippen LogP contribution >= 0.6 is 11.6 Å². The lowest BCUT2D eigenvalue weighted by atomic mass is 10.5. The zero-order chi connectivity index (χ0) is 7.28. The summed E-state index contributed by atoms with van der Waals surface area (Å²) in [6.07, 6.45) is 0.0236. The molecule has 0 heterocycles. The van der Waals surface area contributed by atoms with Crippen molar-refractivity contribution in [1.29, 1.82) is 0 Å². The van der Waals surface area contributed by atoms with Crippen LogP contribution in [-0.4, -0.2) is 24.7 Å². The van der Waals surface area contributed by atoms with Gasteiger partial charge in [0.15, 0.2) is 0 Å². The van der Waals surface area contributed by atoms with Crippen LogP contribution in [0.1, 0.15) is 6.92 Å². The lowest BCUT2D eigenvalue weighted by Crippen LogP contribution is -1.94. The van der Waals surface area contributed by atoms with Crippen molar-refractivity contribution in [3.05, 3.63) is 0 Å². The van der Waals surface area contributed by atoms with Gasteiger partial charge in [-0.2, -0.15) is 0 Å². The summed E-state index contributed by atoms with van der Waals surface area (Å²) in [7, 11) is 1.49. The third kappa shape index (κ3) is 5.43. The molecule has 0 aromatic heterocycles. The summed E-state index contributed by atoms with van der Waals surface area (Å²) in [5, 5.41) is 0.0690. The van der Waals surface area contributed by atoms with Gasteiger partial charge in [0.2, 0.25) is 5.29 Å². The normalized spacial score (nSPS) is 16.7. The molecule has 0 aromatic carbocycles. The van der Waals surface area contributed by atoms with Gasteiger partial charge in [-0.1, -0.05) is 0 Å². The SMILES string of the molecule is CN=C(Cl)N=CC(C)F. The highest BCUT2D eigenvalue weighted by Crippen LogP contribution is 1.87. The second-order valence-electron chi connectivity index (χ2n) is 1.45. The molecular weight excluding hydrogens is 143 g/mol. The van der Waals surface area contributed by atoms with Crippen molar-refractivity contribution in [1.82, 2.24) is 0 Å². The summed E-state index contributed by atoms with van der Waals surface area (Å²) in [4.78, 5) is 6.94. The standard InChI is InChI=1S/C5H8ClFN2/c1-4(7)3-9-5(6)8-2/h3-4H,1-2H3. The Balaban J connectivity index is 3.71. The van der Waals surface area contributed by atoms with Crippen LogP contribution in [0.3, 0.4) is 0 Å². The van der Waals surface area contributed by atoms with Crippen LogP contribution in [-0.2, 0) is 0 Å². The minimum Gasteiger partial charge on any atom is -0.260 e. The molecule has 0 aliphatic rings. The second kappa shape index (κ2) is 4.44. The third-order valence-corrected chi connectivity index (χ3v) is 0.838. The average molecular weight is 151 g/mol. The maximum Gasteiger partial charge on any atom is 0.217 e. The summed E-state index contributed by atoms with van der Waals surface area (Å²) < 4.78 is 11.9. The summed E-state index contributed by atoms with van der Waals surface area (Å²) in [5.74, 6) is 0. The number of alkyl halides is 1. The van der Waals surface area contributed by atoms with E-state index in [-0.39, 0.29) is 5.29 Å². The van der Waals surface area contributed by atoms with Crippen molar-refractivity contribution in [3.63, 3.8) is 0 Å². The predicted octanol–water partition coefficient (Wildman–Crippen LogP) is 1.64. The van der Waals surface area contributed by atoms with E-state index >= 15 is 0 Å². The van der Waals surface area contributed by atoms with E-state index < -0.39 is 6.17 Å². The molecule has 1 atom stereocenters. The fraction of sp³-hybridized carbons (Fsp3) is 0.600. The molecule has 9 heavy (non-hydrogen) atoms. The van der Waals surface area contributed by atoms with Crippen LogP contribution in [0.5, 0.6) is 0 Å².